The van der Waals surface area contributed by atoms with Crippen LogP contribution in [0.4, 0.5) is 34.1 Å². The second-order valence-electron chi connectivity index (χ2n) is 14.1. The minimum absolute atomic E-state index is 0.891. The first-order valence-corrected chi connectivity index (χ1v) is 18.8. The molecule has 3 nitrogen and oxygen atoms in total. The lowest BCUT2D eigenvalue weighted by atomic mass is 9.98. The Kier molecular flexibility index (Phi) is 7.17. The number of para-hydroxylation sites is 2. The maximum absolute atomic E-state index is 6.58. The monoisotopic (exact) mass is 702 g/mol. The summed E-state index contributed by atoms with van der Waals surface area (Å²) in [6.07, 6.45) is 0. The molecule has 0 radical (unpaired) electrons. The first-order chi connectivity index (χ1) is 27.3. The summed E-state index contributed by atoms with van der Waals surface area (Å²) in [5.74, 6) is 0. The average Bonchev–Trinajstić information content (AvgIpc) is 3.65. The van der Waals surface area contributed by atoms with Crippen molar-refractivity contribution in [1.82, 2.24) is 0 Å². The zero-order valence-electron chi connectivity index (χ0n) is 29.9. The van der Waals surface area contributed by atoms with E-state index < -0.39 is 0 Å². The molecule has 0 atom stereocenters. The summed E-state index contributed by atoms with van der Waals surface area (Å²) in [5.41, 5.74) is 8.51. The van der Waals surface area contributed by atoms with Crippen molar-refractivity contribution in [3.63, 3.8) is 0 Å². The van der Waals surface area contributed by atoms with Gasteiger partial charge in [0, 0.05) is 44.3 Å². The average molecular weight is 703 g/mol. The van der Waals surface area contributed by atoms with E-state index in [1.165, 1.54) is 32.3 Å². The van der Waals surface area contributed by atoms with Gasteiger partial charge in [-0.2, -0.15) is 0 Å². The van der Waals surface area contributed by atoms with Gasteiger partial charge in [-0.1, -0.05) is 133 Å². The van der Waals surface area contributed by atoms with Gasteiger partial charge in [0.2, 0.25) is 0 Å². The van der Waals surface area contributed by atoms with Gasteiger partial charge in [0.25, 0.3) is 0 Å². The number of hydrogen-bond acceptors (Lipinski definition) is 3. The molecule has 0 aliphatic heterocycles. The lowest BCUT2D eigenvalue weighted by Gasteiger charge is -2.27. The molecule has 1 aromatic heterocycles. The van der Waals surface area contributed by atoms with Gasteiger partial charge in [0.05, 0.1) is 11.4 Å². The molecule has 11 aromatic rings. The van der Waals surface area contributed by atoms with Crippen molar-refractivity contribution >= 4 is 99.2 Å². The Morgan fingerprint density at radius 1 is 0.273 bits per heavy atom. The summed E-state index contributed by atoms with van der Waals surface area (Å²) in [4.78, 5) is 4.73. The standard InChI is InChI=1S/C52H34N2O/c1-3-17-39(18-4-1)53(47-23-11-15-35-13-7-9-21-43(35)47)41-27-29-45-37(33-41)25-31-49-51(45)52-46-30-28-42(34-38(46)26-32-50(52)55-49)54(40-19-5-2-6-20-40)48-24-12-16-36-14-8-10-22-44(36)48/h1-34H. The molecule has 0 saturated heterocycles. The van der Waals surface area contributed by atoms with Crippen LogP contribution in [0.25, 0.3) is 65.0 Å². The first-order valence-electron chi connectivity index (χ1n) is 18.8. The van der Waals surface area contributed by atoms with Gasteiger partial charge in [-0.25, -0.2) is 0 Å². The van der Waals surface area contributed by atoms with Crippen LogP contribution in [0.5, 0.6) is 0 Å². The summed E-state index contributed by atoms with van der Waals surface area (Å²) in [5, 5.41) is 11.8. The number of benzene rings is 10. The molecule has 0 saturated carbocycles. The third-order valence-electron chi connectivity index (χ3n) is 11.0. The molecule has 55 heavy (non-hydrogen) atoms. The fourth-order valence-electron chi connectivity index (χ4n) is 8.49. The smallest absolute Gasteiger partial charge is 0.136 e. The second kappa shape index (κ2) is 12.6. The summed E-state index contributed by atoms with van der Waals surface area (Å²) in [6.45, 7) is 0. The third-order valence-corrected chi connectivity index (χ3v) is 11.0. The molecule has 0 unspecified atom stereocenters. The molecule has 1 heterocycles. The number of hydrogen-bond donors (Lipinski definition) is 0. The van der Waals surface area contributed by atoms with Crippen molar-refractivity contribution < 1.29 is 4.42 Å². The summed E-state index contributed by atoms with van der Waals surface area (Å²) >= 11 is 0. The molecule has 10 aromatic carbocycles. The van der Waals surface area contributed by atoms with Crippen LogP contribution in [0.3, 0.4) is 0 Å². The molecule has 0 aliphatic carbocycles. The van der Waals surface area contributed by atoms with E-state index in [0.717, 1.165) is 66.8 Å². The van der Waals surface area contributed by atoms with Crippen LogP contribution in [-0.2, 0) is 0 Å². The predicted molar refractivity (Wildman–Crippen MR) is 233 cm³/mol. The fourth-order valence-corrected chi connectivity index (χ4v) is 8.49. The first kappa shape index (κ1) is 31.2. The van der Waals surface area contributed by atoms with Gasteiger partial charge in [-0.05, 0) is 105 Å². The lowest BCUT2D eigenvalue weighted by molar-refractivity contribution is 0.669. The van der Waals surface area contributed by atoms with Crippen LogP contribution < -0.4 is 9.80 Å². The number of rotatable bonds is 6. The van der Waals surface area contributed by atoms with Gasteiger partial charge in [0.1, 0.15) is 11.2 Å². The zero-order valence-corrected chi connectivity index (χ0v) is 29.9. The highest BCUT2D eigenvalue weighted by Crippen LogP contribution is 2.45. The zero-order chi connectivity index (χ0) is 36.3. The number of nitrogens with zero attached hydrogens (tertiary/aromatic N) is 2. The van der Waals surface area contributed by atoms with E-state index in [0.29, 0.717) is 0 Å². The minimum Gasteiger partial charge on any atom is -0.456 e. The van der Waals surface area contributed by atoms with Gasteiger partial charge >= 0.3 is 0 Å². The molecule has 0 spiro atoms. The Bertz CT molecular complexity index is 2990. The van der Waals surface area contributed by atoms with E-state index in [2.05, 4.69) is 216 Å². The molecule has 258 valence electrons. The Balaban J connectivity index is 1.09. The molecule has 0 amide bonds. The highest BCUT2D eigenvalue weighted by molar-refractivity contribution is 6.27. The summed E-state index contributed by atoms with van der Waals surface area (Å²) in [7, 11) is 0. The van der Waals surface area contributed by atoms with Gasteiger partial charge < -0.3 is 14.2 Å². The normalized spacial score (nSPS) is 11.6. The molecule has 3 heteroatoms. The van der Waals surface area contributed by atoms with Crippen LogP contribution in [0.1, 0.15) is 0 Å². The highest BCUT2D eigenvalue weighted by Gasteiger charge is 2.20. The topological polar surface area (TPSA) is 19.6 Å². The van der Waals surface area contributed by atoms with Crippen molar-refractivity contribution in [2.75, 3.05) is 9.80 Å². The van der Waals surface area contributed by atoms with Crippen molar-refractivity contribution in [2.24, 2.45) is 0 Å². The van der Waals surface area contributed by atoms with Crippen molar-refractivity contribution in [2.45, 2.75) is 0 Å². The molecule has 11 rings (SSSR count). The molecule has 0 fully saturated rings. The van der Waals surface area contributed by atoms with E-state index in [1.807, 2.05) is 0 Å². The second-order valence-corrected chi connectivity index (χ2v) is 14.1. The lowest BCUT2D eigenvalue weighted by Crippen LogP contribution is -2.10. The molecular formula is C52H34N2O. The molecule has 0 bridgehead atoms. The van der Waals surface area contributed by atoms with E-state index in [4.69, 9.17) is 4.42 Å². The van der Waals surface area contributed by atoms with Gasteiger partial charge in [0.15, 0.2) is 0 Å². The highest BCUT2D eigenvalue weighted by atomic mass is 16.3. The minimum atomic E-state index is 0.891. The van der Waals surface area contributed by atoms with Gasteiger partial charge in [-0.15, -0.1) is 0 Å². The van der Waals surface area contributed by atoms with E-state index in [9.17, 15) is 0 Å². The Hall–Kier alpha value is -7.36. The number of furan rings is 1. The maximum Gasteiger partial charge on any atom is 0.136 e. The molecule has 0 aliphatic rings. The fraction of sp³-hybridized carbons (Fsp3) is 0. The van der Waals surface area contributed by atoms with Crippen LogP contribution in [0.2, 0.25) is 0 Å². The van der Waals surface area contributed by atoms with Crippen molar-refractivity contribution in [3.05, 3.63) is 206 Å². The van der Waals surface area contributed by atoms with Crippen molar-refractivity contribution in [1.29, 1.82) is 0 Å². The van der Waals surface area contributed by atoms with Crippen LogP contribution in [0.15, 0.2) is 211 Å². The Morgan fingerprint density at radius 2 is 0.691 bits per heavy atom. The van der Waals surface area contributed by atoms with Gasteiger partial charge in [-0.3, -0.25) is 0 Å². The van der Waals surface area contributed by atoms with Crippen molar-refractivity contribution in [3.8, 4) is 0 Å². The quantitative estimate of drug-likeness (QED) is 0.172. The largest absolute Gasteiger partial charge is 0.456 e. The number of fused-ring (bicyclic) bond motifs is 9. The van der Waals surface area contributed by atoms with E-state index >= 15 is 0 Å². The molecule has 0 N–H and O–H groups in total. The van der Waals surface area contributed by atoms with E-state index in [-0.39, 0.29) is 0 Å². The SMILES string of the molecule is c1ccc(N(c2ccc3c(ccc4oc5ccc6cc(N(c7ccccc7)c7cccc8ccccc78)ccc6c5c43)c2)c2cccc3ccccc23)cc1. The maximum atomic E-state index is 6.58. The van der Waals surface area contributed by atoms with E-state index in [1.54, 1.807) is 0 Å². The Morgan fingerprint density at radius 3 is 1.16 bits per heavy atom. The third kappa shape index (κ3) is 5.13. The summed E-state index contributed by atoms with van der Waals surface area (Å²) in [6, 6.07) is 73.9. The number of anilines is 6. The Labute approximate surface area is 318 Å². The van der Waals surface area contributed by atoms with Crippen LogP contribution in [-0.4, -0.2) is 0 Å². The predicted octanol–water partition coefficient (Wildman–Crippen LogP) is 15.1. The molecular weight excluding hydrogens is 669 g/mol. The summed E-state index contributed by atoms with van der Waals surface area (Å²) < 4.78 is 6.58. The van der Waals surface area contributed by atoms with Crippen LogP contribution in [0, 0.1) is 0 Å². The van der Waals surface area contributed by atoms with Crippen LogP contribution >= 0.6 is 0 Å².